The summed E-state index contributed by atoms with van der Waals surface area (Å²) in [4.78, 5) is 21.7. The number of carbonyl (C=O) groups excluding carboxylic acids is 1. The Morgan fingerprint density at radius 2 is 2.00 bits per heavy atom. The predicted molar refractivity (Wildman–Crippen MR) is 56.1 cm³/mol. The van der Waals surface area contributed by atoms with E-state index in [1.807, 2.05) is 6.92 Å². The maximum atomic E-state index is 11.2. The highest BCUT2D eigenvalue weighted by Gasteiger charge is 2.19. The van der Waals surface area contributed by atoms with Gasteiger partial charge in [-0.15, -0.1) is 0 Å². The Balaban J connectivity index is 3.92. The van der Waals surface area contributed by atoms with Crippen LogP contribution in [0.5, 0.6) is 0 Å². The van der Waals surface area contributed by atoms with Gasteiger partial charge in [0.25, 0.3) is 0 Å². The molecule has 0 bridgehead atoms. The molecular formula is C9H18N2O5. The third kappa shape index (κ3) is 6.20. The normalized spacial score (nSPS) is 13.9. The Hall–Kier alpha value is -1.34. The number of carboxylic acids is 1. The zero-order valence-electron chi connectivity index (χ0n) is 9.40. The number of urea groups is 1. The molecule has 0 aliphatic heterocycles. The van der Waals surface area contributed by atoms with Crippen LogP contribution in [0, 0.1) is 0 Å². The van der Waals surface area contributed by atoms with Gasteiger partial charge in [0.15, 0.2) is 6.04 Å². The van der Waals surface area contributed by atoms with Crippen LogP contribution in [0.15, 0.2) is 0 Å². The van der Waals surface area contributed by atoms with Crippen molar-refractivity contribution < 1.29 is 24.5 Å². The highest BCUT2D eigenvalue weighted by Crippen LogP contribution is 1.86. The van der Waals surface area contributed by atoms with Crippen molar-refractivity contribution in [2.45, 2.75) is 25.9 Å². The zero-order valence-corrected chi connectivity index (χ0v) is 9.40. The van der Waals surface area contributed by atoms with E-state index >= 15 is 0 Å². The molecule has 0 saturated carbocycles. The molecule has 2 unspecified atom stereocenters. The lowest BCUT2D eigenvalue weighted by Crippen LogP contribution is -2.50. The monoisotopic (exact) mass is 234 g/mol. The average Bonchev–Trinajstić information content (AvgIpc) is 2.22. The van der Waals surface area contributed by atoms with Crippen LogP contribution in [0.3, 0.4) is 0 Å². The minimum Gasteiger partial charge on any atom is -0.480 e. The smallest absolute Gasteiger partial charge is 0.328 e. The maximum Gasteiger partial charge on any atom is 0.328 e. The fourth-order valence-corrected chi connectivity index (χ4v) is 0.945. The first-order chi connectivity index (χ1) is 7.51. The summed E-state index contributed by atoms with van der Waals surface area (Å²) in [6, 6.07) is -2.17. The Kier molecular flexibility index (Phi) is 7.23. The molecule has 0 aromatic heterocycles. The van der Waals surface area contributed by atoms with Gasteiger partial charge < -0.3 is 25.6 Å². The van der Waals surface area contributed by atoms with E-state index in [4.69, 9.17) is 14.9 Å². The molecule has 0 aliphatic carbocycles. The van der Waals surface area contributed by atoms with Gasteiger partial charge in [0.2, 0.25) is 0 Å². The number of ether oxygens (including phenoxy) is 1. The predicted octanol–water partition coefficient (Wildman–Crippen LogP) is -0.844. The number of rotatable bonds is 7. The number of aliphatic hydroxyl groups excluding tert-OH is 1. The number of hydrogen-bond donors (Lipinski definition) is 4. The van der Waals surface area contributed by atoms with E-state index in [1.54, 1.807) is 6.92 Å². The molecule has 0 aliphatic rings. The highest BCUT2D eigenvalue weighted by atomic mass is 16.5. The number of nitrogens with one attached hydrogen (secondary N) is 2. The minimum absolute atomic E-state index is 0.229. The van der Waals surface area contributed by atoms with Gasteiger partial charge in [-0.05, 0) is 13.8 Å². The van der Waals surface area contributed by atoms with Crippen LogP contribution in [0.25, 0.3) is 0 Å². The van der Waals surface area contributed by atoms with Gasteiger partial charge in [-0.25, -0.2) is 9.59 Å². The highest BCUT2D eigenvalue weighted by molar-refractivity contribution is 5.82. The molecule has 94 valence electrons. The summed E-state index contributed by atoms with van der Waals surface area (Å²) >= 11 is 0. The Labute approximate surface area is 93.8 Å². The summed E-state index contributed by atoms with van der Waals surface area (Å²) in [5.74, 6) is -1.28. The second-order valence-electron chi connectivity index (χ2n) is 3.25. The molecule has 4 N–H and O–H groups in total. The quantitative estimate of drug-likeness (QED) is 0.459. The molecule has 0 radical (unpaired) electrons. The second-order valence-corrected chi connectivity index (χ2v) is 3.25. The summed E-state index contributed by atoms with van der Waals surface area (Å²) in [6.07, 6.45) is 0. The molecule has 0 spiro atoms. The summed E-state index contributed by atoms with van der Waals surface area (Å²) in [5, 5.41) is 21.8. The van der Waals surface area contributed by atoms with Gasteiger partial charge in [-0.1, -0.05) is 0 Å². The molecule has 0 fully saturated rings. The van der Waals surface area contributed by atoms with Crippen LogP contribution in [0.4, 0.5) is 4.79 Å². The molecule has 0 saturated heterocycles. The molecule has 7 nitrogen and oxygen atoms in total. The van der Waals surface area contributed by atoms with Crippen LogP contribution in [0.2, 0.25) is 0 Å². The molecular weight excluding hydrogens is 216 g/mol. The van der Waals surface area contributed by atoms with Gasteiger partial charge >= 0.3 is 12.0 Å². The average molecular weight is 234 g/mol. The van der Waals surface area contributed by atoms with E-state index in [0.717, 1.165) is 0 Å². The third-order valence-electron chi connectivity index (χ3n) is 1.74. The lowest BCUT2D eigenvalue weighted by Gasteiger charge is -2.16. The molecule has 0 heterocycles. The van der Waals surface area contributed by atoms with E-state index in [1.165, 1.54) is 0 Å². The molecule has 0 rings (SSSR count). The Morgan fingerprint density at radius 3 is 2.44 bits per heavy atom. The number of hydrogen-bond acceptors (Lipinski definition) is 4. The van der Waals surface area contributed by atoms with Crippen molar-refractivity contribution in [2.75, 3.05) is 19.8 Å². The second kappa shape index (κ2) is 7.89. The van der Waals surface area contributed by atoms with Gasteiger partial charge in [-0.3, -0.25) is 0 Å². The fourth-order valence-electron chi connectivity index (χ4n) is 0.945. The number of carboxylic acid groups (broad SMARTS) is 1. The number of aliphatic hydroxyl groups is 1. The molecule has 2 amide bonds. The molecule has 2 atom stereocenters. The van der Waals surface area contributed by atoms with Gasteiger partial charge in [0.05, 0.1) is 19.3 Å². The van der Waals surface area contributed by atoms with Crippen molar-refractivity contribution in [3.05, 3.63) is 0 Å². The first kappa shape index (κ1) is 14.7. The lowest BCUT2D eigenvalue weighted by atomic mass is 10.3. The minimum atomic E-state index is -1.29. The molecule has 7 heteroatoms. The number of carbonyl (C=O) groups is 2. The summed E-state index contributed by atoms with van der Waals surface area (Å²) in [7, 11) is 0. The van der Waals surface area contributed by atoms with Crippen LogP contribution < -0.4 is 10.6 Å². The van der Waals surface area contributed by atoms with Crippen molar-refractivity contribution >= 4 is 12.0 Å². The first-order valence-corrected chi connectivity index (χ1v) is 4.99. The Morgan fingerprint density at radius 1 is 1.38 bits per heavy atom. The van der Waals surface area contributed by atoms with Gasteiger partial charge in [-0.2, -0.15) is 0 Å². The molecule has 16 heavy (non-hydrogen) atoms. The largest absolute Gasteiger partial charge is 0.480 e. The van der Waals surface area contributed by atoms with Gasteiger partial charge in [0, 0.05) is 6.61 Å². The maximum absolute atomic E-state index is 11.2. The van der Waals surface area contributed by atoms with E-state index < -0.39 is 24.6 Å². The van der Waals surface area contributed by atoms with Crippen molar-refractivity contribution in [2.24, 2.45) is 0 Å². The van der Waals surface area contributed by atoms with Crippen molar-refractivity contribution in [3.8, 4) is 0 Å². The lowest BCUT2D eigenvalue weighted by molar-refractivity contribution is -0.140. The number of amides is 2. The van der Waals surface area contributed by atoms with E-state index in [9.17, 15) is 9.59 Å². The van der Waals surface area contributed by atoms with Crippen molar-refractivity contribution in [3.63, 3.8) is 0 Å². The van der Waals surface area contributed by atoms with Crippen LogP contribution in [-0.4, -0.2) is 54.1 Å². The van der Waals surface area contributed by atoms with E-state index in [0.29, 0.717) is 13.2 Å². The van der Waals surface area contributed by atoms with Crippen LogP contribution in [-0.2, 0) is 9.53 Å². The van der Waals surface area contributed by atoms with Crippen LogP contribution in [0.1, 0.15) is 13.8 Å². The van der Waals surface area contributed by atoms with E-state index in [2.05, 4.69) is 10.6 Å². The van der Waals surface area contributed by atoms with Gasteiger partial charge in [0.1, 0.15) is 0 Å². The SMILES string of the molecule is CCOCC(C)NC(=O)NC(CO)C(=O)O. The summed E-state index contributed by atoms with van der Waals surface area (Å²) < 4.78 is 5.07. The molecule has 0 aromatic carbocycles. The molecule has 0 aromatic rings. The summed E-state index contributed by atoms with van der Waals surface area (Å²) in [5.41, 5.74) is 0. The first-order valence-electron chi connectivity index (χ1n) is 4.99. The topological polar surface area (TPSA) is 108 Å². The third-order valence-corrected chi connectivity index (χ3v) is 1.74. The fraction of sp³-hybridized carbons (Fsp3) is 0.778. The van der Waals surface area contributed by atoms with Crippen LogP contribution >= 0.6 is 0 Å². The van der Waals surface area contributed by atoms with Crippen molar-refractivity contribution in [1.29, 1.82) is 0 Å². The number of aliphatic carboxylic acids is 1. The van der Waals surface area contributed by atoms with Crippen molar-refractivity contribution in [1.82, 2.24) is 10.6 Å². The summed E-state index contributed by atoms with van der Waals surface area (Å²) in [6.45, 7) is 3.80. The Bertz CT molecular complexity index is 234. The zero-order chi connectivity index (χ0) is 12.6. The van der Waals surface area contributed by atoms with E-state index in [-0.39, 0.29) is 6.04 Å². The standard InChI is InChI=1S/C9H18N2O5/c1-3-16-5-6(2)10-9(15)11-7(4-12)8(13)14/h6-7,12H,3-5H2,1-2H3,(H,13,14)(H2,10,11,15).